The third-order valence-corrected chi connectivity index (χ3v) is 4.63. The number of carbonyl (C=O) groups excluding carboxylic acids is 2. The first-order valence-corrected chi connectivity index (χ1v) is 8.77. The maximum atomic E-state index is 12.7. The summed E-state index contributed by atoms with van der Waals surface area (Å²) in [6.07, 6.45) is 7.03. The van der Waals surface area contributed by atoms with E-state index in [4.69, 9.17) is 0 Å². The van der Waals surface area contributed by atoms with E-state index < -0.39 is 0 Å². The monoisotopic (exact) mass is 318 g/mol. The van der Waals surface area contributed by atoms with E-state index in [2.05, 4.69) is 17.2 Å². The molecule has 6 nitrogen and oxygen atoms in total. The lowest BCUT2D eigenvalue weighted by Gasteiger charge is -2.20. The zero-order valence-corrected chi connectivity index (χ0v) is 14.1. The number of amides is 2. The third-order valence-electron chi connectivity index (χ3n) is 4.63. The molecule has 126 valence electrons. The highest BCUT2D eigenvalue weighted by Gasteiger charge is 2.31. The van der Waals surface area contributed by atoms with E-state index in [9.17, 15) is 9.59 Å². The number of imidazole rings is 1. The summed E-state index contributed by atoms with van der Waals surface area (Å²) in [7, 11) is 1.81. The summed E-state index contributed by atoms with van der Waals surface area (Å²) in [4.78, 5) is 31.3. The molecule has 1 aliphatic heterocycles. The second kappa shape index (κ2) is 6.72. The molecule has 0 spiro atoms. The summed E-state index contributed by atoms with van der Waals surface area (Å²) < 4.78 is 1.97. The Morgan fingerprint density at radius 1 is 1.35 bits per heavy atom. The van der Waals surface area contributed by atoms with Crippen LogP contribution in [0, 0.1) is 0 Å². The fourth-order valence-corrected chi connectivity index (χ4v) is 3.04. The van der Waals surface area contributed by atoms with Gasteiger partial charge >= 0.3 is 0 Å². The number of nitrogens with one attached hydrogen (secondary N) is 1. The molecule has 1 N–H and O–H groups in total. The van der Waals surface area contributed by atoms with Crippen LogP contribution in [0.2, 0.25) is 0 Å². The standard InChI is InChI=1S/C17H26N4O2/c1-3-4-10-20(2)17(23)15-19-14(16(22)18-12-8-9-12)13-7-5-6-11-21(13)15/h12H,3-11H2,1-2H3,(H,18,22). The van der Waals surface area contributed by atoms with Crippen molar-refractivity contribution in [2.45, 2.75) is 64.5 Å². The molecular formula is C17H26N4O2. The molecule has 1 aromatic rings. The topological polar surface area (TPSA) is 67.2 Å². The van der Waals surface area contributed by atoms with Gasteiger partial charge in [-0.25, -0.2) is 4.98 Å². The molecular weight excluding hydrogens is 292 g/mol. The van der Waals surface area contributed by atoms with Gasteiger partial charge in [-0.3, -0.25) is 9.59 Å². The van der Waals surface area contributed by atoms with Crippen LogP contribution in [0.3, 0.4) is 0 Å². The second-order valence-electron chi connectivity index (χ2n) is 6.67. The average molecular weight is 318 g/mol. The van der Waals surface area contributed by atoms with Gasteiger partial charge in [-0.1, -0.05) is 13.3 Å². The van der Waals surface area contributed by atoms with Gasteiger partial charge in [0, 0.05) is 26.2 Å². The van der Waals surface area contributed by atoms with Crippen LogP contribution < -0.4 is 5.32 Å². The molecule has 2 heterocycles. The summed E-state index contributed by atoms with van der Waals surface area (Å²) in [5, 5.41) is 3.00. The average Bonchev–Trinajstić information content (AvgIpc) is 3.29. The molecule has 1 saturated carbocycles. The quantitative estimate of drug-likeness (QED) is 0.872. The number of rotatable bonds is 6. The van der Waals surface area contributed by atoms with E-state index in [0.717, 1.165) is 63.7 Å². The first-order chi connectivity index (χ1) is 11.1. The van der Waals surface area contributed by atoms with Crippen LogP contribution in [-0.2, 0) is 13.0 Å². The van der Waals surface area contributed by atoms with Crippen molar-refractivity contribution in [2.24, 2.45) is 0 Å². The highest BCUT2D eigenvalue weighted by Crippen LogP contribution is 2.24. The molecule has 3 rings (SSSR count). The van der Waals surface area contributed by atoms with Gasteiger partial charge in [-0.05, 0) is 38.5 Å². The van der Waals surface area contributed by atoms with Crippen molar-refractivity contribution in [3.63, 3.8) is 0 Å². The molecule has 0 atom stereocenters. The number of aromatic nitrogens is 2. The van der Waals surface area contributed by atoms with Crippen molar-refractivity contribution < 1.29 is 9.59 Å². The zero-order valence-electron chi connectivity index (χ0n) is 14.1. The van der Waals surface area contributed by atoms with Crippen molar-refractivity contribution in [3.05, 3.63) is 17.2 Å². The van der Waals surface area contributed by atoms with Gasteiger partial charge in [0.05, 0.1) is 5.69 Å². The Balaban J connectivity index is 1.85. The lowest BCUT2D eigenvalue weighted by molar-refractivity contribution is 0.0775. The van der Waals surface area contributed by atoms with Crippen LogP contribution >= 0.6 is 0 Å². The highest BCUT2D eigenvalue weighted by molar-refractivity contribution is 5.97. The summed E-state index contributed by atoms with van der Waals surface area (Å²) in [5.41, 5.74) is 1.39. The van der Waals surface area contributed by atoms with Crippen LogP contribution in [-0.4, -0.2) is 45.9 Å². The molecule has 0 radical (unpaired) electrons. The smallest absolute Gasteiger partial charge is 0.289 e. The van der Waals surface area contributed by atoms with Crippen molar-refractivity contribution in [3.8, 4) is 0 Å². The van der Waals surface area contributed by atoms with E-state index in [-0.39, 0.29) is 11.8 Å². The van der Waals surface area contributed by atoms with Crippen LogP contribution in [0.25, 0.3) is 0 Å². The van der Waals surface area contributed by atoms with Gasteiger partial charge in [0.25, 0.3) is 11.8 Å². The predicted octanol–water partition coefficient (Wildman–Crippen LogP) is 1.98. The van der Waals surface area contributed by atoms with Gasteiger partial charge in [0.1, 0.15) is 5.69 Å². The Kier molecular flexibility index (Phi) is 4.68. The normalized spacial score (nSPS) is 16.8. The molecule has 1 aliphatic carbocycles. The summed E-state index contributed by atoms with van der Waals surface area (Å²) in [6, 6.07) is 0.301. The van der Waals surface area contributed by atoms with E-state index in [1.165, 1.54) is 0 Å². The lowest BCUT2D eigenvalue weighted by Crippen LogP contribution is -2.31. The van der Waals surface area contributed by atoms with Gasteiger partial charge in [-0.15, -0.1) is 0 Å². The number of fused-ring (bicyclic) bond motifs is 1. The Hall–Kier alpha value is -1.85. The largest absolute Gasteiger partial charge is 0.348 e. The number of hydrogen-bond donors (Lipinski definition) is 1. The fraction of sp³-hybridized carbons (Fsp3) is 0.706. The Morgan fingerprint density at radius 3 is 2.83 bits per heavy atom. The van der Waals surface area contributed by atoms with Crippen molar-refractivity contribution in [1.29, 1.82) is 0 Å². The second-order valence-corrected chi connectivity index (χ2v) is 6.67. The van der Waals surface area contributed by atoms with Crippen LogP contribution in [0.15, 0.2) is 0 Å². The number of unbranched alkanes of at least 4 members (excludes halogenated alkanes) is 1. The fourth-order valence-electron chi connectivity index (χ4n) is 3.04. The Bertz CT molecular complexity index is 604. The van der Waals surface area contributed by atoms with Gasteiger partial charge in [0.15, 0.2) is 5.82 Å². The SMILES string of the molecule is CCCCN(C)C(=O)c1nc(C(=O)NC2CC2)c2n1CCCC2. The first-order valence-electron chi connectivity index (χ1n) is 8.77. The molecule has 6 heteroatoms. The van der Waals surface area contributed by atoms with Crippen LogP contribution in [0.5, 0.6) is 0 Å². The predicted molar refractivity (Wildman–Crippen MR) is 87.5 cm³/mol. The molecule has 2 aliphatic rings. The minimum Gasteiger partial charge on any atom is -0.348 e. The summed E-state index contributed by atoms with van der Waals surface area (Å²) in [5.74, 6) is 0.236. The van der Waals surface area contributed by atoms with E-state index in [1.807, 2.05) is 11.6 Å². The molecule has 0 bridgehead atoms. The van der Waals surface area contributed by atoms with E-state index >= 15 is 0 Å². The van der Waals surface area contributed by atoms with Gasteiger partial charge < -0.3 is 14.8 Å². The van der Waals surface area contributed by atoms with Gasteiger partial charge in [0.2, 0.25) is 0 Å². The van der Waals surface area contributed by atoms with Crippen LogP contribution in [0.4, 0.5) is 0 Å². The molecule has 1 aromatic heterocycles. The number of carbonyl (C=O) groups is 2. The maximum absolute atomic E-state index is 12.7. The number of hydrogen-bond acceptors (Lipinski definition) is 3. The maximum Gasteiger partial charge on any atom is 0.289 e. The molecule has 1 fully saturated rings. The zero-order chi connectivity index (χ0) is 16.4. The van der Waals surface area contributed by atoms with Crippen LogP contribution in [0.1, 0.15) is 72.3 Å². The molecule has 2 amide bonds. The van der Waals surface area contributed by atoms with Gasteiger partial charge in [-0.2, -0.15) is 0 Å². The number of nitrogens with zero attached hydrogens (tertiary/aromatic N) is 3. The third kappa shape index (κ3) is 3.41. The van der Waals surface area contributed by atoms with Crippen molar-refractivity contribution >= 4 is 11.8 Å². The highest BCUT2D eigenvalue weighted by atomic mass is 16.2. The van der Waals surface area contributed by atoms with E-state index in [1.54, 1.807) is 4.90 Å². The minimum atomic E-state index is -0.117. The summed E-state index contributed by atoms with van der Waals surface area (Å²) >= 11 is 0. The molecule has 23 heavy (non-hydrogen) atoms. The first kappa shape index (κ1) is 16.0. The van der Waals surface area contributed by atoms with Crippen molar-refractivity contribution in [2.75, 3.05) is 13.6 Å². The lowest BCUT2D eigenvalue weighted by atomic mass is 10.1. The molecule has 0 aromatic carbocycles. The summed E-state index contributed by atoms with van der Waals surface area (Å²) in [6.45, 7) is 3.61. The molecule has 0 saturated heterocycles. The molecule has 0 unspecified atom stereocenters. The van der Waals surface area contributed by atoms with Crippen molar-refractivity contribution in [1.82, 2.24) is 19.8 Å². The van der Waals surface area contributed by atoms with E-state index in [0.29, 0.717) is 17.6 Å². The Morgan fingerprint density at radius 2 is 2.13 bits per heavy atom. The minimum absolute atomic E-state index is 0.0768. The Labute approximate surface area is 137 Å².